The molecule has 1 aliphatic rings. The highest BCUT2D eigenvalue weighted by Crippen LogP contribution is 2.39. The molecule has 0 saturated heterocycles. The van der Waals surface area contributed by atoms with Crippen LogP contribution < -0.4 is 0 Å². The van der Waals surface area contributed by atoms with Crippen LogP contribution >= 0.6 is 23.6 Å². The van der Waals surface area contributed by atoms with Crippen LogP contribution in [0.5, 0.6) is 0 Å². The van der Waals surface area contributed by atoms with E-state index in [4.69, 9.17) is 27.8 Å². The van der Waals surface area contributed by atoms with Crippen LogP contribution in [-0.4, -0.2) is 32.3 Å². The molecule has 124 valence electrons. The molecule has 0 amide bonds. The zero-order chi connectivity index (χ0) is 16.9. The third-order valence-electron chi connectivity index (χ3n) is 3.94. The zero-order valence-electron chi connectivity index (χ0n) is 13.3. The number of hydrogen-bond donors (Lipinski definition) is 0. The van der Waals surface area contributed by atoms with E-state index in [1.165, 1.54) is 0 Å². The summed E-state index contributed by atoms with van der Waals surface area (Å²) in [6, 6.07) is 8.85. The molecule has 0 spiro atoms. The fourth-order valence-electron chi connectivity index (χ4n) is 2.61. The summed E-state index contributed by atoms with van der Waals surface area (Å²) >= 11 is 7.32. The predicted molar refractivity (Wildman–Crippen MR) is 94.7 cm³/mol. The summed E-state index contributed by atoms with van der Waals surface area (Å²) in [4.78, 5) is 3.18. The minimum absolute atomic E-state index is 0.430. The maximum Gasteiger partial charge on any atom is 0.199 e. The number of nitriles is 2. The van der Waals surface area contributed by atoms with Gasteiger partial charge in [-0.25, -0.2) is 4.68 Å². The predicted octanol–water partition coefficient (Wildman–Crippen LogP) is 3.56. The summed E-state index contributed by atoms with van der Waals surface area (Å²) in [7, 11) is 0. The molecule has 6 nitrogen and oxygen atoms in total. The van der Waals surface area contributed by atoms with Crippen molar-refractivity contribution in [2.45, 2.75) is 38.4 Å². The average molecular weight is 358 g/mol. The Morgan fingerprint density at radius 3 is 2.54 bits per heavy atom. The van der Waals surface area contributed by atoms with E-state index in [1.807, 2.05) is 16.1 Å². The number of thiophene rings is 1. The van der Waals surface area contributed by atoms with Crippen molar-refractivity contribution in [3.05, 3.63) is 22.3 Å². The summed E-state index contributed by atoms with van der Waals surface area (Å²) in [5, 5.41) is 24.4. The van der Waals surface area contributed by atoms with E-state index in [1.54, 1.807) is 11.3 Å². The molecule has 3 rings (SSSR count). The molecule has 1 aliphatic carbocycles. The van der Waals surface area contributed by atoms with Gasteiger partial charge in [-0.3, -0.25) is 9.47 Å². The molecule has 0 N–H and O–H groups in total. The van der Waals surface area contributed by atoms with Gasteiger partial charge in [-0.2, -0.15) is 10.5 Å². The number of aromatic nitrogens is 3. The Labute approximate surface area is 150 Å². The van der Waals surface area contributed by atoms with E-state index in [9.17, 15) is 0 Å². The molecule has 0 radical (unpaired) electrons. The Morgan fingerprint density at radius 1 is 1.29 bits per heavy atom. The van der Waals surface area contributed by atoms with Gasteiger partial charge in [0, 0.05) is 32.0 Å². The Hall–Kier alpha value is -2.00. The highest BCUT2D eigenvalue weighted by Gasteiger charge is 2.29. The first kappa shape index (κ1) is 16.8. The van der Waals surface area contributed by atoms with Crippen LogP contribution in [0.4, 0.5) is 0 Å². The summed E-state index contributed by atoms with van der Waals surface area (Å²) in [6.45, 7) is 1.75. The first-order valence-electron chi connectivity index (χ1n) is 7.94. The van der Waals surface area contributed by atoms with Crippen molar-refractivity contribution in [1.82, 2.24) is 19.2 Å². The molecular formula is C16H18N6S2. The van der Waals surface area contributed by atoms with Crippen LogP contribution in [0.1, 0.15) is 31.7 Å². The van der Waals surface area contributed by atoms with Crippen LogP contribution in [0.2, 0.25) is 0 Å². The topological polar surface area (TPSA) is 73.6 Å². The van der Waals surface area contributed by atoms with Crippen LogP contribution in [0.3, 0.4) is 0 Å². The van der Waals surface area contributed by atoms with E-state index in [2.05, 4.69) is 27.7 Å². The molecule has 24 heavy (non-hydrogen) atoms. The lowest BCUT2D eigenvalue weighted by Crippen LogP contribution is -2.29. The Kier molecular flexibility index (Phi) is 5.41. The van der Waals surface area contributed by atoms with Crippen LogP contribution in [-0.2, 0) is 6.67 Å². The molecule has 2 heterocycles. The lowest BCUT2D eigenvalue weighted by atomic mass is 10.3. The molecule has 8 heteroatoms. The number of rotatable bonds is 8. The van der Waals surface area contributed by atoms with Gasteiger partial charge in [-0.1, -0.05) is 6.07 Å². The quantitative estimate of drug-likeness (QED) is 0.675. The largest absolute Gasteiger partial charge is 0.296 e. The second kappa shape index (κ2) is 7.71. The van der Waals surface area contributed by atoms with Crippen molar-refractivity contribution in [1.29, 1.82) is 10.5 Å². The summed E-state index contributed by atoms with van der Waals surface area (Å²) < 4.78 is 4.71. The number of nitrogens with zero attached hydrogens (tertiary/aromatic N) is 6. The van der Waals surface area contributed by atoms with Crippen molar-refractivity contribution in [3.63, 3.8) is 0 Å². The first-order valence-corrected chi connectivity index (χ1v) is 9.23. The average Bonchev–Trinajstić information content (AvgIpc) is 3.16. The summed E-state index contributed by atoms with van der Waals surface area (Å²) in [6.07, 6.45) is 3.15. The Balaban J connectivity index is 1.87. The maximum absolute atomic E-state index is 8.83. The van der Waals surface area contributed by atoms with Crippen molar-refractivity contribution in [2.75, 3.05) is 13.1 Å². The Bertz CT molecular complexity index is 798. The maximum atomic E-state index is 8.83. The zero-order valence-corrected chi connectivity index (χ0v) is 14.9. The monoisotopic (exact) mass is 358 g/mol. The van der Waals surface area contributed by atoms with E-state index in [0.717, 1.165) is 28.3 Å². The van der Waals surface area contributed by atoms with E-state index in [-0.39, 0.29) is 0 Å². The second-order valence-corrected chi connectivity index (χ2v) is 7.07. The third-order valence-corrected chi connectivity index (χ3v) is 5.21. The lowest BCUT2D eigenvalue weighted by Gasteiger charge is -2.19. The van der Waals surface area contributed by atoms with Gasteiger partial charge < -0.3 is 0 Å². The SMILES string of the molecule is N#CCCN(CCC#N)Cn1nc(-c2cccs2)n(C2CC2)c1=S. The smallest absolute Gasteiger partial charge is 0.199 e. The van der Waals surface area contributed by atoms with Gasteiger partial charge >= 0.3 is 0 Å². The highest BCUT2D eigenvalue weighted by atomic mass is 32.1. The molecular weight excluding hydrogens is 340 g/mol. The van der Waals surface area contributed by atoms with Crippen LogP contribution in [0, 0.1) is 27.4 Å². The Morgan fingerprint density at radius 2 is 2.00 bits per heavy atom. The molecule has 0 unspecified atom stereocenters. The highest BCUT2D eigenvalue weighted by molar-refractivity contribution is 7.71. The lowest BCUT2D eigenvalue weighted by molar-refractivity contribution is 0.214. The fraction of sp³-hybridized carbons (Fsp3) is 0.500. The van der Waals surface area contributed by atoms with Gasteiger partial charge in [-0.05, 0) is 36.5 Å². The van der Waals surface area contributed by atoms with Crippen molar-refractivity contribution in [3.8, 4) is 22.8 Å². The molecule has 0 aromatic carbocycles. The molecule has 2 aromatic rings. The van der Waals surface area contributed by atoms with Crippen molar-refractivity contribution >= 4 is 23.6 Å². The van der Waals surface area contributed by atoms with Crippen LogP contribution in [0.15, 0.2) is 17.5 Å². The fourth-order valence-corrected chi connectivity index (χ4v) is 3.65. The van der Waals surface area contributed by atoms with Gasteiger partial charge in [0.05, 0.1) is 23.7 Å². The first-order chi connectivity index (χ1) is 11.7. The van der Waals surface area contributed by atoms with E-state index < -0.39 is 0 Å². The minimum Gasteiger partial charge on any atom is -0.296 e. The molecule has 0 aliphatic heterocycles. The van der Waals surface area contributed by atoms with Gasteiger partial charge in [-0.15, -0.1) is 16.4 Å². The van der Waals surface area contributed by atoms with Crippen molar-refractivity contribution in [2.24, 2.45) is 0 Å². The number of hydrogen-bond acceptors (Lipinski definition) is 6. The van der Waals surface area contributed by atoms with Gasteiger partial charge in [0.15, 0.2) is 10.6 Å². The normalized spacial score (nSPS) is 13.8. The molecule has 2 aromatic heterocycles. The van der Waals surface area contributed by atoms with E-state index >= 15 is 0 Å². The standard InChI is InChI=1S/C16H18N6S2/c17-7-2-9-20(10-3-8-18)12-21-16(23)22(13-5-6-13)15(19-21)14-4-1-11-24-14/h1,4,11,13H,2-3,5-6,9-10,12H2. The molecule has 0 atom stereocenters. The summed E-state index contributed by atoms with van der Waals surface area (Å²) in [5.41, 5.74) is 0. The van der Waals surface area contributed by atoms with Gasteiger partial charge in [0.1, 0.15) is 0 Å². The molecule has 0 bridgehead atoms. The third kappa shape index (κ3) is 3.73. The van der Waals surface area contributed by atoms with Crippen molar-refractivity contribution < 1.29 is 0 Å². The van der Waals surface area contributed by atoms with E-state index in [0.29, 0.717) is 38.6 Å². The van der Waals surface area contributed by atoms with Gasteiger partial charge in [0.25, 0.3) is 0 Å². The minimum atomic E-state index is 0.430. The second-order valence-electron chi connectivity index (χ2n) is 5.76. The van der Waals surface area contributed by atoms with Gasteiger partial charge in [0.2, 0.25) is 0 Å². The van der Waals surface area contributed by atoms with Crippen LogP contribution in [0.25, 0.3) is 10.7 Å². The summed E-state index contributed by atoms with van der Waals surface area (Å²) in [5.74, 6) is 0.929. The molecule has 1 saturated carbocycles. The molecule has 1 fully saturated rings.